The monoisotopic (exact) mass is 176 g/mol. The van der Waals surface area contributed by atoms with E-state index in [1.165, 1.54) is 5.56 Å². The van der Waals surface area contributed by atoms with E-state index in [0.29, 0.717) is 13.2 Å². The molecule has 1 heterocycles. The molecule has 3 heteroatoms. The maximum Gasteiger partial charge on any atom is 0.145 e. The molecular weight excluding hydrogens is 164 g/mol. The summed E-state index contributed by atoms with van der Waals surface area (Å²) in [6, 6.07) is 6.02. The van der Waals surface area contributed by atoms with Crippen molar-refractivity contribution in [2.24, 2.45) is 10.7 Å². The Hall–Kier alpha value is -1.35. The molecule has 2 N–H and O–H groups in total. The second kappa shape index (κ2) is 3.58. The minimum absolute atomic E-state index is 0.573. The molecule has 1 aromatic carbocycles. The Bertz CT molecular complexity index is 334. The van der Waals surface area contributed by atoms with Crippen LogP contribution in [-0.4, -0.2) is 19.4 Å². The van der Waals surface area contributed by atoms with Crippen molar-refractivity contribution in [1.82, 2.24) is 0 Å². The Labute approximate surface area is 77.2 Å². The number of ether oxygens (including phenoxy) is 1. The van der Waals surface area contributed by atoms with Gasteiger partial charge >= 0.3 is 0 Å². The molecule has 0 atom stereocenters. The van der Waals surface area contributed by atoms with Crippen molar-refractivity contribution in [1.29, 1.82) is 0 Å². The third kappa shape index (κ3) is 1.70. The molecule has 0 aliphatic carbocycles. The van der Waals surface area contributed by atoms with E-state index in [0.717, 1.165) is 17.9 Å². The average molecular weight is 176 g/mol. The van der Waals surface area contributed by atoms with E-state index < -0.39 is 0 Å². The lowest BCUT2D eigenvalue weighted by molar-refractivity contribution is 0.377. The number of hydrogen-bond donors (Lipinski definition) is 1. The summed E-state index contributed by atoms with van der Waals surface area (Å²) in [6.07, 6.45) is 2.66. The van der Waals surface area contributed by atoms with Crippen molar-refractivity contribution in [3.05, 3.63) is 23.8 Å². The Balaban J connectivity index is 2.31. The van der Waals surface area contributed by atoms with Crippen LogP contribution in [0.25, 0.3) is 0 Å². The number of nitrogens with zero attached hydrogens (tertiary/aromatic N) is 1. The van der Waals surface area contributed by atoms with Gasteiger partial charge in [-0.3, -0.25) is 4.99 Å². The van der Waals surface area contributed by atoms with E-state index in [4.69, 9.17) is 10.5 Å². The molecule has 3 nitrogen and oxygen atoms in total. The molecular formula is C10H12N2O. The highest BCUT2D eigenvalue weighted by Crippen LogP contribution is 2.30. The van der Waals surface area contributed by atoms with E-state index in [9.17, 15) is 0 Å². The van der Waals surface area contributed by atoms with Crippen LogP contribution in [0.15, 0.2) is 23.2 Å². The first-order valence-electron chi connectivity index (χ1n) is 4.38. The summed E-state index contributed by atoms with van der Waals surface area (Å²) in [5.74, 6) is 0.864. The summed E-state index contributed by atoms with van der Waals surface area (Å²) in [4.78, 5) is 4.25. The first-order valence-corrected chi connectivity index (χ1v) is 4.38. The van der Waals surface area contributed by atoms with Gasteiger partial charge in [0.25, 0.3) is 0 Å². The van der Waals surface area contributed by atoms with Gasteiger partial charge in [0.2, 0.25) is 0 Å². The minimum Gasteiger partial charge on any atom is -0.486 e. The van der Waals surface area contributed by atoms with Crippen molar-refractivity contribution in [2.75, 3.05) is 13.2 Å². The Morgan fingerprint density at radius 1 is 1.46 bits per heavy atom. The average Bonchev–Trinajstić information content (AvgIpc) is 2.18. The van der Waals surface area contributed by atoms with Crippen LogP contribution in [0, 0.1) is 0 Å². The quantitative estimate of drug-likeness (QED) is 0.738. The molecule has 2 rings (SSSR count). The summed E-state index contributed by atoms with van der Waals surface area (Å²) in [6.45, 7) is 1.24. The van der Waals surface area contributed by atoms with Gasteiger partial charge < -0.3 is 10.5 Å². The molecule has 0 unspecified atom stereocenters. The number of nitrogens with two attached hydrogens (primary N) is 1. The van der Waals surface area contributed by atoms with Gasteiger partial charge in [-0.2, -0.15) is 0 Å². The zero-order valence-corrected chi connectivity index (χ0v) is 7.36. The first-order chi connectivity index (χ1) is 6.40. The van der Waals surface area contributed by atoms with Gasteiger partial charge in [-0.25, -0.2) is 0 Å². The smallest absolute Gasteiger partial charge is 0.145 e. The molecule has 1 aliphatic rings. The second-order valence-electron chi connectivity index (χ2n) is 2.96. The van der Waals surface area contributed by atoms with Crippen LogP contribution >= 0.6 is 0 Å². The van der Waals surface area contributed by atoms with Crippen molar-refractivity contribution in [3.8, 4) is 5.75 Å². The number of aliphatic imine (C=N–C) groups is 1. The molecule has 13 heavy (non-hydrogen) atoms. The molecule has 0 spiro atoms. The number of fused-ring (bicyclic) bond motifs is 1. The van der Waals surface area contributed by atoms with Gasteiger partial charge in [0.15, 0.2) is 0 Å². The molecule has 0 saturated carbocycles. The molecule has 1 aromatic rings. The van der Waals surface area contributed by atoms with Crippen LogP contribution in [0.3, 0.4) is 0 Å². The highest BCUT2D eigenvalue weighted by molar-refractivity contribution is 5.71. The summed E-state index contributed by atoms with van der Waals surface area (Å²) in [7, 11) is 0. The van der Waals surface area contributed by atoms with Crippen LogP contribution < -0.4 is 10.5 Å². The summed E-state index contributed by atoms with van der Waals surface area (Å²) < 4.78 is 5.38. The summed E-state index contributed by atoms with van der Waals surface area (Å²) >= 11 is 0. The lowest BCUT2D eigenvalue weighted by Crippen LogP contribution is -2.05. The van der Waals surface area contributed by atoms with Crippen molar-refractivity contribution in [3.63, 3.8) is 0 Å². The van der Waals surface area contributed by atoms with E-state index in [1.54, 1.807) is 6.21 Å². The molecule has 0 radical (unpaired) electrons. The highest BCUT2D eigenvalue weighted by Gasteiger charge is 2.06. The largest absolute Gasteiger partial charge is 0.486 e. The van der Waals surface area contributed by atoms with E-state index in [1.807, 2.05) is 18.2 Å². The zero-order chi connectivity index (χ0) is 9.10. The van der Waals surface area contributed by atoms with Crippen molar-refractivity contribution >= 4 is 11.9 Å². The predicted octanol–water partition coefficient (Wildman–Crippen LogP) is 1.28. The first kappa shape index (κ1) is 8.26. The van der Waals surface area contributed by atoms with Crippen molar-refractivity contribution in [2.45, 2.75) is 6.42 Å². The van der Waals surface area contributed by atoms with Gasteiger partial charge in [-0.05, 0) is 30.7 Å². The van der Waals surface area contributed by atoms with Gasteiger partial charge in [-0.15, -0.1) is 0 Å². The standard InChI is InChI=1S/C10H12N2O/c11-4-3-8-1-2-10-9(7-8)12-5-6-13-10/h1-2,5,7H,3-4,6,11H2. The number of hydrogen-bond acceptors (Lipinski definition) is 3. The SMILES string of the molecule is NCCc1ccc2c(c1)N=CCO2. The van der Waals surface area contributed by atoms with Crippen LogP contribution in [0.1, 0.15) is 5.56 Å². The number of rotatable bonds is 2. The van der Waals surface area contributed by atoms with Gasteiger partial charge in [0, 0.05) is 6.21 Å². The maximum absolute atomic E-state index is 5.47. The van der Waals surface area contributed by atoms with Gasteiger partial charge in [0.1, 0.15) is 18.0 Å². The second-order valence-corrected chi connectivity index (χ2v) is 2.96. The number of benzene rings is 1. The lowest BCUT2D eigenvalue weighted by atomic mass is 10.1. The fourth-order valence-corrected chi connectivity index (χ4v) is 1.37. The van der Waals surface area contributed by atoms with Crippen LogP contribution in [0.2, 0.25) is 0 Å². The van der Waals surface area contributed by atoms with E-state index >= 15 is 0 Å². The third-order valence-electron chi connectivity index (χ3n) is 2.00. The molecule has 0 bridgehead atoms. The van der Waals surface area contributed by atoms with Crippen LogP contribution in [0.5, 0.6) is 5.75 Å². The minimum atomic E-state index is 0.573. The molecule has 0 fully saturated rings. The lowest BCUT2D eigenvalue weighted by Gasteiger charge is -2.12. The maximum atomic E-state index is 5.47. The molecule has 1 aliphatic heterocycles. The third-order valence-corrected chi connectivity index (χ3v) is 2.00. The Morgan fingerprint density at radius 3 is 3.23 bits per heavy atom. The normalized spacial score (nSPS) is 13.6. The van der Waals surface area contributed by atoms with Crippen molar-refractivity contribution < 1.29 is 4.74 Å². The Kier molecular flexibility index (Phi) is 2.27. The van der Waals surface area contributed by atoms with Gasteiger partial charge in [0.05, 0.1) is 0 Å². The van der Waals surface area contributed by atoms with Crippen LogP contribution in [-0.2, 0) is 6.42 Å². The zero-order valence-electron chi connectivity index (χ0n) is 7.36. The Morgan fingerprint density at radius 2 is 2.38 bits per heavy atom. The fraction of sp³-hybridized carbons (Fsp3) is 0.300. The molecule has 0 saturated heterocycles. The molecule has 0 aromatic heterocycles. The summed E-state index contributed by atoms with van der Waals surface area (Å²) in [5.41, 5.74) is 7.59. The molecule has 0 amide bonds. The predicted molar refractivity (Wildman–Crippen MR) is 52.8 cm³/mol. The fourth-order valence-electron chi connectivity index (χ4n) is 1.37. The van der Waals surface area contributed by atoms with Gasteiger partial charge in [-0.1, -0.05) is 6.07 Å². The summed E-state index contributed by atoms with van der Waals surface area (Å²) in [5, 5.41) is 0. The topological polar surface area (TPSA) is 47.6 Å². The highest BCUT2D eigenvalue weighted by atomic mass is 16.5. The van der Waals surface area contributed by atoms with E-state index in [-0.39, 0.29) is 0 Å². The van der Waals surface area contributed by atoms with Crippen LogP contribution in [0.4, 0.5) is 5.69 Å². The van der Waals surface area contributed by atoms with E-state index in [2.05, 4.69) is 4.99 Å². The molecule has 68 valence electrons.